The predicted molar refractivity (Wildman–Crippen MR) is 145 cm³/mol. The molecule has 5 rings (SSSR count). The van der Waals surface area contributed by atoms with Crippen molar-refractivity contribution >= 4 is 48.7 Å². The monoisotopic (exact) mass is 543 g/mol. The molecule has 1 fully saturated rings. The summed E-state index contributed by atoms with van der Waals surface area (Å²) in [6, 6.07) is 15.0. The molecule has 6 N–H and O–H groups in total. The Balaban J connectivity index is 1.55. The zero-order valence-electron chi connectivity index (χ0n) is 19.5. The van der Waals surface area contributed by atoms with Crippen LogP contribution in [0.4, 0.5) is 5.69 Å². The van der Waals surface area contributed by atoms with Crippen molar-refractivity contribution in [2.24, 2.45) is 5.14 Å². The van der Waals surface area contributed by atoms with Crippen LogP contribution >= 0.6 is 22.9 Å². The molecule has 0 bridgehead atoms. The number of sulfonamides is 1. The molecule has 188 valence electrons. The summed E-state index contributed by atoms with van der Waals surface area (Å²) in [6.07, 6.45) is 2.56. The largest absolute Gasteiger partial charge is 0.398 e. The first kappa shape index (κ1) is 25.1. The lowest BCUT2D eigenvalue weighted by molar-refractivity contribution is -0.00230. The average molecular weight is 544 g/mol. The molecule has 3 unspecified atom stereocenters. The predicted octanol–water partition coefficient (Wildman–Crippen LogP) is 4.13. The fourth-order valence-corrected chi connectivity index (χ4v) is 7.19. The minimum atomic E-state index is -3.66. The molecular formula is C26H26ClN3O4S2. The number of anilines is 1. The van der Waals surface area contributed by atoms with Crippen LogP contribution in [0, 0.1) is 0 Å². The summed E-state index contributed by atoms with van der Waals surface area (Å²) >= 11 is 8.20. The van der Waals surface area contributed by atoms with Gasteiger partial charge in [-0.3, -0.25) is 4.98 Å². The molecule has 7 nitrogen and oxygen atoms in total. The lowest BCUT2D eigenvalue weighted by Crippen LogP contribution is -2.25. The van der Waals surface area contributed by atoms with Gasteiger partial charge in [0, 0.05) is 44.4 Å². The van der Waals surface area contributed by atoms with Gasteiger partial charge in [0.25, 0.3) is 0 Å². The van der Waals surface area contributed by atoms with Gasteiger partial charge in [-0.25, -0.2) is 13.6 Å². The van der Waals surface area contributed by atoms with E-state index in [1.165, 1.54) is 0 Å². The first-order valence-corrected chi connectivity index (χ1v) is 14.2. The van der Waals surface area contributed by atoms with Crippen molar-refractivity contribution in [1.82, 2.24) is 4.98 Å². The van der Waals surface area contributed by atoms with E-state index >= 15 is 0 Å². The lowest BCUT2D eigenvalue weighted by Gasteiger charge is -2.21. The highest BCUT2D eigenvalue weighted by Crippen LogP contribution is 2.50. The quantitative estimate of drug-likeness (QED) is 0.258. The van der Waals surface area contributed by atoms with Gasteiger partial charge >= 0.3 is 0 Å². The number of pyridine rings is 1. The second kappa shape index (κ2) is 9.09. The fraction of sp³-hybridized carbons (Fsp3) is 0.269. The number of hydrogen-bond donors (Lipinski definition) is 4. The zero-order chi connectivity index (χ0) is 25.8. The maximum Gasteiger partial charge on any atom is 0.212 e. The molecule has 1 saturated carbocycles. The molecule has 0 saturated heterocycles. The van der Waals surface area contributed by atoms with Gasteiger partial charge in [0.2, 0.25) is 10.0 Å². The van der Waals surface area contributed by atoms with E-state index in [1.54, 1.807) is 48.7 Å². The Kier molecular flexibility index (Phi) is 6.35. The van der Waals surface area contributed by atoms with Crippen LogP contribution in [0.15, 0.2) is 54.7 Å². The topological polar surface area (TPSA) is 140 Å². The zero-order valence-corrected chi connectivity index (χ0v) is 21.9. The van der Waals surface area contributed by atoms with Crippen LogP contribution in [0.5, 0.6) is 0 Å². The number of fused-ring (bicyclic) bond motifs is 1. The Hall–Kier alpha value is -2.53. The Morgan fingerprint density at radius 1 is 1.22 bits per heavy atom. The number of benzene rings is 2. The third kappa shape index (κ3) is 4.63. The van der Waals surface area contributed by atoms with E-state index in [9.17, 15) is 18.6 Å². The van der Waals surface area contributed by atoms with Crippen LogP contribution in [0.1, 0.15) is 40.8 Å². The molecule has 0 spiro atoms. The van der Waals surface area contributed by atoms with Crippen molar-refractivity contribution in [3.05, 3.63) is 81.3 Å². The van der Waals surface area contributed by atoms with Gasteiger partial charge in [-0.2, -0.15) is 0 Å². The minimum Gasteiger partial charge on any atom is -0.398 e. The molecule has 2 aromatic heterocycles. The summed E-state index contributed by atoms with van der Waals surface area (Å²) in [5.41, 5.74) is 9.20. The van der Waals surface area contributed by atoms with E-state index in [1.807, 2.05) is 18.2 Å². The molecule has 3 atom stereocenters. The maximum absolute atomic E-state index is 11.9. The molecule has 2 aromatic carbocycles. The summed E-state index contributed by atoms with van der Waals surface area (Å²) in [6.45, 7) is 1.16. The van der Waals surface area contributed by atoms with E-state index in [0.29, 0.717) is 34.8 Å². The molecule has 0 amide bonds. The van der Waals surface area contributed by atoms with Crippen molar-refractivity contribution in [2.45, 2.75) is 36.5 Å². The lowest BCUT2D eigenvalue weighted by atomic mass is 9.96. The molecule has 0 radical (unpaired) electrons. The molecule has 0 aliphatic heterocycles. The number of rotatable bonds is 7. The smallest absolute Gasteiger partial charge is 0.212 e. The maximum atomic E-state index is 11.9. The Labute approximate surface area is 218 Å². The number of nitrogen functional groups attached to an aromatic ring is 1. The van der Waals surface area contributed by atoms with Crippen LogP contribution in [0.3, 0.4) is 0 Å². The summed E-state index contributed by atoms with van der Waals surface area (Å²) < 4.78 is 24.8. The first-order valence-electron chi connectivity index (χ1n) is 11.4. The standard InChI is InChI=1S/C26H26ClN3O4S2/c1-26(32,13-31)15-7-8-30-22(10-15)17-4-2-3-14-9-16(35-25(14)17)11-18-20(27)5-6-21(28)24(18)19-12-23(19)36(29,33)34/h2-10,19,23,31-32H,11-13,28H2,1H3,(H2,29,33,34). The van der Waals surface area contributed by atoms with Gasteiger partial charge in [0.05, 0.1) is 17.6 Å². The summed E-state index contributed by atoms with van der Waals surface area (Å²) in [5.74, 6) is -0.259. The van der Waals surface area contributed by atoms with Gasteiger partial charge < -0.3 is 15.9 Å². The molecular weight excluding hydrogens is 518 g/mol. The van der Waals surface area contributed by atoms with Crippen molar-refractivity contribution < 1.29 is 18.6 Å². The van der Waals surface area contributed by atoms with E-state index < -0.39 is 27.5 Å². The Morgan fingerprint density at radius 3 is 2.69 bits per heavy atom. The highest BCUT2D eigenvalue weighted by Gasteiger charge is 2.48. The SMILES string of the molecule is CC(O)(CO)c1ccnc(-c2cccc3cc(Cc4c(Cl)ccc(N)c4C4CC4S(N)(=O)=O)sc23)c1. The average Bonchev–Trinajstić information content (AvgIpc) is 3.53. The van der Waals surface area contributed by atoms with Gasteiger partial charge in [-0.15, -0.1) is 11.3 Å². The third-order valence-corrected chi connectivity index (χ3v) is 9.67. The van der Waals surface area contributed by atoms with Gasteiger partial charge in [0.1, 0.15) is 5.60 Å². The number of aliphatic hydroxyl groups is 2. The number of aromatic nitrogens is 1. The molecule has 1 aliphatic rings. The van der Waals surface area contributed by atoms with Gasteiger partial charge in [-0.1, -0.05) is 29.8 Å². The molecule has 4 aromatic rings. The fourth-order valence-electron chi connectivity index (χ4n) is 4.70. The Morgan fingerprint density at radius 2 is 2.00 bits per heavy atom. The van der Waals surface area contributed by atoms with Crippen molar-refractivity contribution in [3.8, 4) is 11.3 Å². The van der Waals surface area contributed by atoms with Crippen molar-refractivity contribution in [3.63, 3.8) is 0 Å². The first-order chi connectivity index (χ1) is 17.0. The van der Waals surface area contributed by atoms with E-state index in [-0.39, 0.29) is 5.92 Å². The van der Waals surface area contributed by atoms with Crippen molar-refractivity contribution in [1.29, 1.82) is 0 Å². The molecule has 2 heterocycles. The second-order valence-electron chi connectivity index (χ2n) is 9.47. The second-order valence-corrected chi connectivity index (χ2v) is 12.8. The number of aliphatic hydroxyl groups excluding tert-OH is 1. The van der Waals surface area contributed by atoms with E-state index in [0.717, 1.165) is 31.7 Å². The number of thiophene rings is 1. The number of hydrogen-bond acceptors (Lipinski definition) is 7. The van der Waals surface area contributed by atoms with E-state index in [4.69, 9.17) is 22.5 Å². The molecule has 1 aliphatic carbocycles. The van der Waals surface area contributed by atoms with Crippen LogP contribution in [-0.2, 0) is 22.0 Å². The number of halogens is 1. The number of nitrogens with zero attached hydrogens (tertiary/aromatic N) is 1. The van der Waals surface area contributed by atoms with Crippen LogP contribution in [0.25, 0.3) is 21.3 Å². The van der Waals surface area contributed by atoms with Gasteiger partial charge in [0.15, 0.2) is 0 Å². The summed E-state index contributed by atoms with van der Waals surface area (Å²) in [7, 11) is -3.66. The third-order valence-electron chi connectivity index (χ3n) is 6.77. The minimum absolute atomic E-state index is 0.259. The van der Waals surface area contributed by atoms with Crippen LogP contribution in [0.2, 0.25) is 5.02 Å². The normalized spacial score (nSPS) is 19.4. The summed E-state index contributed by atoms with van der Waals surface area (Å²) in [4.78, 5) is 5.55. The molecule has 36 heavy (non-hydrogen) atoms. The number of nitrogens with two attached hydrogens (primary N) is 2. The molecule has 10 heteroatoms. The van der Waals surface area contributed by atoms with Crippen LogP contribution < -0.4 is 10.9 Å². The van der Waals surface area contributed by atoms with Gasteiger partial charge in [-0.05, 0) is 65.8 Å². The number of primary sulfonamides is 1. The van der Waals surface area contributed by atoms with E-state index in [2.05, 4.69) is 11.1 Å². The highest BCUT2D eigenvalue weighted by molar-refractivity contribution is 7.90. The highest BCUT2D eigenvalue weighted by atomic mass is 35.5. The van der Waals surface area contributed by atoms with Crippen LogP contribution in [-0.4, -0.2) is 35.5 Å². The Bertz CT molecular complexity index is 1580. The van der Waals surface area contributed by atoms with Crippen molar-refractivity contribution in [2.75, 3.05) is 12.3 Å². The summed E-state index contributed by atoms with van der Waals surface area (Å²) in [5, 5.41) is 26.4.